The maximum Gasteiger partial charge on any atom is 0.253 e. The van der Waals surface area contributed by atoms with E-state index in [1.165, 1.54) is 28.8 Å². The van der Waals surface area contributed by atoms with Crippen molar-refractivity contribution in [3.8, 4) is 11.1 Å². The molecule has 160 valence electrons. The van der Waals surface area contributed by atoms with Crippen LogP contribution in [0.2, 0.25) is 0 Å². The van der Waals surface area contributed by atoms with Gasteiger partial charge in [0.1, 0.15) is 5.82 Å². The molecule has 0 radical (unpaired) electrons. The molecule has 0 spiro atoms. The molecule has 0 heterocycles. The fourth-order valence-electron chi connectivity index (χ4n) is 4.40. The number of nitrogens with zero attached hydrogens (tertiary/aromatic N) is 2. The van der Waals surface area contributed by atoms with E-state index in [-0.39, 0.29) is 17.8 Å². The Morgan fingerprint density at radius 1 is 0.903 bits per heavy atom. The number of benzene rings is 3. The number of aryl methyl sites for hydroxylation is 1. The van der Waals surface area contributed by atoms with Crippen LogP contribution in [0.3, 0.4) is 0 Å². The topological polar surface area (TPSA) is 23.6 Å². The van der Waals surface area contributed by atoms with Gasteiger partial charge in [0.2, 0.25) is 0 Å². The molecule has 0 aliphatic heterocycles. The Morgan fingerprint density at radius 2 is 1.55 bits per heavy atom. The molecule has 3 nitrogen and oxygen atoms in total. The van der Waals surface area contributed by atoms with E-state index in [0.29, 0.717) is 5.56 Å². The van der Waals surface area contributed by atoms with Crippen LogP contribution in [0.1, 0.15) is 33.5 Å². The van der Waals surface area contributed by atoms with E-state index in [9.17, 15) is 9.18 Å². The highest BCUT2D eigenvalue weighted by atomic mass is 19.1. The van der Waals surface area contributed by atoms with Gasteiger partial charge in [0, 0.05) is 25.2 Å². The Kier molecular flexibility index (Phi) is 6.19. The van der Waals surface area contributed by atoms with Crippen LogP contribution in [-0.2, 0) is 19.4 Å². The SMILES string of the molecule is CN(C)Cc1ccc2c(c1)CC[C@H](N(C)C(=O)c1ccc(-c3ccc(F)cc3)cc1)C2. The molecule has 0 saturated carbocycles. The summed E-state index contributed by atoms with van der Waals surface area (Å²) in [6.45, 7) is 0.947. The first-order valence-electron chi connectivity index (χ1n) is 10.8. The molecule has 1 aliphatic carbocycles. The third kappa shape index (κ3) is 4.86. The second kappa shape index (κ2) is 9.03. The van der Waals surface area contributed by atoms with E-state index in [1.54, 1.807) is 12.1 Å². The lowest BCUT2D eigenvalue weighted by atomic mass is 9.86. The van der Waals surface area contributed by atoms with Gasteiger partial charge >= 0.3 is 0 Å². The molecule has 1 amide bonds. The van der Waals surface area contributed by atoms with E-state index in [0.717, 1.165) is 36.9 Å². The van der Waals surface area contributed by atoms with Crippen molar-refractivity contribution in [1.82, 2.24) is 9.80 Å². The molecule has 3 aromatic carbocycles. The van der Waals surface area contributed by atoms with E-state index < -0.39 is 0 Å². The fourth-order valence-corrected chi connectivity index (χ4v) is 4.40. The Labute approximate surface area is 184 Å². The zero-order chi connectivity index (χ0) is 22.0. The van der Waals surface area contributed by atoms with E-state index in [4.69, 9.17) is 0 Å². The van der Waals surface area contributed by atoms with Gasteiger partial charge in [-0.2, -0.15) is 0 Å². The first-order chi connectivity index (χ1) is 14.9. The highest BCUT2D eigenvalue weighted by Crippen LogP contribution is 2.27. The van der Waals surface area contributed by atoms with Gasteiger partial charge < -0.3 is 9.80 Å². The number of amides is 1. The third-order valence-corrected chi connectivity index (χ3v) is 6.15. The molecule has 0 bridgehead atoms. The minimum absolute atomic E-state index is 0.0448. The molecule has 0 N–H and O–H groups in total. The van der Waals surface area contributed by atoms with Gasteiger partial charge in [-0.05, 0) is 85.4 Å². The molecule has 0 saturated heterocycles. The monoisotopic (exact) mass is 416 g/mol. The van der Waals surface area contributed by atoms with E-state index in [1.807, 2.05) is 36.2 Å². The molecular formula is C27H29FN2O. The average Bonchev–Trinajstić information content (AvgIpc) is 2.78. The molecule has 1 atom stereocenters. The average molecular weight is 417 g/mol. The number of hydrogen-bond donors (Lipinski definition) is 0. The highest BCUT2D eigenvalue weighted by Gasteiger charge is 2.26. The zero-order valence-electron chi connectivity index (χ0n) is 18.4. The summed E-state index contributed by atoms with van der Waals surface area (Å²) in [5.74, 6) is -0.205. The molecular weight excluding hydrogens is 387 g/mol. The van der Waals surface area contributed by atoms with Crippen molar-refractivity contribution in [1.29, 1.82) is 0 Å². The molecule has 4 heteroatoms. The summed E-state index contributed by atoms with van der Waals surface area (Å²) in [5, 5.41) is 0. The molecule has 0 fully saturated rings. The lowest BCUT2D eigenvalue weighted by Crippen LogP contribution is -2.40. The van der Waals surface area contributed by atoms with Crippen LogP contribution in [0.4, 0.5) is 4.39 Å². The molecule has 0 unspecified atom stereocenters. The number of rotatable bonds is 5. The highest BCUT2D eigenvalue weighted by molar-refractivity contribution is 5.94. The second-order valence-corrected chi connectivity index (χ2v) is 8.74. The largest absolute Gasteiger partial charge is 0.338 e. The summed E-state index contributed by atoms with van der Waals surface area (Å²) in [5.41, 5.74) is 6.70. The minimum atomic E-state index is -0.250. The van der Waals surface area contributed by atoms with Gasteiger partial charge in [0.25, 0.3) is 5.91 Å². The van der Waals surface area contributed by atoms with Crippen molar-refractivity contribution in [3.63, 3.8) is 0 Å². The van der Waals surface area contributed by atoms with Crippen LogP contribution in [-0.4, -0.2) is 42.9 Å². The van der Waals surface area contributed by atoms with Gasteiger partial charge in [-0.1, -0.05) is 42.5 Å². The zero-order valence-corrected chi connectivity index (χ0v) is 18.4. The van der Waals surface area contributed by atoms with Crippen LogP contribution in [0, 0.1) is 5.82 Å². The van der Waals surface area contributed by atoms with Crippen molar-refractivity contribution in [2.75, 3.05) is 21.1 Å². The number of carbonyl (C=O) groups excluding carboxylic acids is 1. The number of likely N-dealkylation sites (N-methyl/N-ethyl adjacent to an activating group) is 1. The Bertz CT molecular complexity index is 1060. The summed E-state index contributed by atoms with van der Waals surface area (Å²) in [6, 6.07) is 20.9. The predicted molar refractivity (Wildman–Crippen MR) is 124 cm³/mol. The van der Waals surface area contributed by atoms with Gasteiger partial charge in [0.05, 0.1) is 0 Å². The number of hydrogen-bond acceptors (Lipinski definition) is 2. The molecule has 0 aromatic heterocycles. The number of carbonyl (C=O) groups is 1. The normalized spacial score (nSPS) is 15.6. The first-order valence-corrected chi connectivity index (χ1v) is 10.8. The maximum absolute atomic E-state index is 13.1. The Balaban J connectivity index is 1.44. The summed E-state index contributed by atoms with van der Waals surface area (Å²) in [7, 11) is 6.08. The Hall–Kier alpha value is -2.98. The molecule has 4 rings (SSSR count). The lowest BCUT2D eigenvalue weighted by Gasteiger charge is -2.33. The molecule has 3 aromatic rings. The van der Waals surface area contributed by atoms with Crippen molar-refractivity contribution in [3.05, 3.63) is 94.8 Å². The molecule has 1 aliphatic rings. The standard InChI is InChI=1S/C27H29FN2O/c1-29(2)18-19-4-5-24-17-26(15-12-23(24)16-19)30(3)27(31)22-8-6-20(7-9-22)21-10-13-25(28)14-11-21/h4-11,13-14,16,26H,12,15,17-18H2,1-3H3/t26-/m0/s1. The summed E-state index contributed by atoms with van der Waals surface area (Å²) >= 11 is 0. The predicted octanol–water partition coefficient (Wildman–Crippen LogP) is 5.18. The van der Waals surface area contributed by atoms with E-state index >= 15 is 0 Å². The van der Waals surface area contributed by atoms with Crippen molar-refractivity contribution < 1.29 is 9.18 Å². The van der Waals surface area contributed by atoms with Crippen LogP contribution < -0.4 is 0 Å². The van der Waals surface area contributed by atoms with Crippen molar-refractivity contribution in [2.24, 2.45) is 0 Å². The van der Waals surface area contributed by atoms with Crippen LogP contribution in [0.5, 0.6) is 0 Å². The van der Waals surface area contributed by atoms with Gasteiger partial charge in [-0.3, -0.25) is 4.79 Å². The second-order valence-electron chi connectivity index (χ2n) is 8.74. The van der Waals surface area contributed by atoms with Crippen molar-refractivity contribution in [2.45, 2.75) is 31.8 Å². The maximum atomic E-state index is 13.1. The smallest absolute Gasteiger partial charge is 0.253 e. The van der Waals surface area contributed by atoms with E-state index in [2.05, 4.69) is 37.2 Å². The Morgan fingerprint density at radius 3 is 2.19 bits per heavy atom. The number of halogens is 1. The quantitative estimate of drug-likeness (QED) is 0.572. The third-order valence-electron chi connectivity index (χ3n) is 6.15. The summed E-state index contributed by atoms with van der Waals surface area (Å²) in [6.07, 6.45) is 2.88. The van der Waals surface area contributed by atoms with Crippen LogP contribution in [0.15, 0.2) is 66.7 Å². The van der Waals surface area contributed by atoms with Crippen LogP contribution >= 0.6 is 0 Å². The van der Waals surface area contributed by atoms with Crippen molar-refractivity contribution >= 4 is 5.91 Å². The van der Waals surface area contributed by atoms with Gasteiger partial charge in [-0.25, -0.2) is 4.39 Å². The first kappa shape index (κ1) is 21.3. The number of fused-ring (bicyclic) bond motifs is 1. The molecule has 31 heavy (non-hydrogen) atoms. The lowest BCUT2D eigenvalue weighted by molar-refractivity contribution is 0.0719. The van der Waals surface area contributed by atoms with Gasteiger partial charge in [-0.15, -0.1) is 0 Å². The van der Waals surface area contributed by atoms with Crippen LogP contribution in [0.25, 0.3) is 11.1 Å². The van der Waals surface area contributed by atoms with Gasteiger partial charge in [0.15, 0.2) is 0 Å². The summed E-state index contributed by atoms with van der Waals surface area (Å²) < 4.78 is 13.1. The fraction of sp³-hybridized carbons (Fsp3) is 0.296. The minimum Gasteiger partial charge on any atom is -0.338 e. The summed E-state index contributed by atoms with van der Waals surface area (Å²) in [4.78, 5) is 17.2.